The van der Waals surface area contributed by atoms with Crippen molar-refractivity contribution in [2.45, 2.75) is 26.4 Å². The average Bonchev–Trinajstić information content (AvgIpc) is 3.33. The zero-order valence-corrected chi connectivity index (χ0v) is 15.5. The molecule has 11 heteroatoms. The molecule has 0 spiro atoms. The van der Waals surface area contributed by atoms with Gasteiger partial charge < -0.3 is 20.1 Å². The number of ether oxygens (including phenoxy) is 1. The molecule has 1 aliphatic heterocycles. The molecular weight excluding hydrogens is 368 g/mol. The summed E-state index contributed by atoms with van der Waals surface area (Å²) in [5, 5.41) is 19.6. The molecule has 0 radical (unpaired) electrons. The number of amides is 2. The number of nitrogens with zero attached hydrogens (tertiary/aromatic N) is 5. The van der Waals surface area contributed by atoms with Gasteiger partial charge in [-0.3, -0.25) is 23.7 Å². The largest absolute Gasteiger partial charge is 0.481 e. The molecule has 0 saturated carbocycles. The van der Waals surface area contributed by atoms with E-state index in [0.29, 0.717) is 44.2 Å². The standard InChI is InChI=1S/C17H22N6O5/c1-2-23-15(17(27)21-5-7-28-8-6-21)13(10-19-23)20-16(26)12-9-18-22(11-12)4-3-14(24)25/h9-11H,2-8H2,1H3,(H,20,26)(H,24,25). The van der Waals surface area contributed by atoms with Gasteiger partial charge in [0, 0.05) is 25.8 Å². The second kappa shape index (κ2) is 8.65. The first-order valence-corrected chi connectivity index (χ1v) is 8.98. The predicted molar refractivity (Wildman–Crippen MR) is 97.1 cm³/mol. The van der Waals surface area contributed by atoms with Crippen LogP contribution < -0.4 is 5.32 Å². The number of aliphatic carboxylic acids is 1. The number of carbonyl (C=O) groups is 3. The van der Waals surface area contributed by atoms with E-state index in [0.717, 1.165) is 0 Å². The van der Waals surface area contributed by atoms with Gasteiger partial charge in [0.2, 0.25) is 0 Å². The van der Waals surface area contributed by atoms with Crippen molar-refractivity contribution in [1.82, 2.24) is 24.5 Å². The van der Waals surface area contributed by atoms with Crippen molar-refractivity contribution in [2.24, 2.45) is 0 Å². The van der Waals surface area contributed by atoms with Gasteiger partial charge in [-0.2, -0.15) is 10.2 Å². The molecule has 0 aromatic carbocycles. The SMILES string of the molecule is CCn1ncc(NC(=O)c2cnn(CCC(=O)O)c2)c1C(=O)N1CCOCC1. The first kappa shape index (κ1) is 19.5. The van der Waals surface area contributed by atoms with Crippen LogP contribution in [0.3, 0.4) is 0 Å². The summed E-state index contributed by atoms with van der Waals surface area (Å²) >= 11 is 0. The molecule has 28 heavy (non-hydrogen) atoms. The van der Waals surface area contributed by atoms with Crippen LogP contribution in [0.15, 0.2) is 18.6 Å². The summed E-state index contributed by atoms with van der Waals surface area (Å²) in [5.74, 6) is -1.61. The summed E-state index contributed by atoms with van der Waals surface area (Å²) in [6.07, 6.45) is 4.17. The molecular formula is C17H22N6O5. The summed E-state index contributed by atoms with van der Waals surface area (Å²) in [6.45, 7) is 4.42. The van der Waals surface area contributed by atoms with Gasteiger partial charge in [-0.05, 0) is 6.92 Å². The molecule has 0 atom stereocenters. The van der Waals surface area contributed by atoms with Gasteiger partial charge in [0.15, 0.2) is 0 Å². The Labute approximate surface area is 160 Å². The molecule has 3 heterocycles. The van der Waals surface area contributed by atoms with Crippen LogP contribution in [0.5, 0.6) is 0 Å². The van der Waals surface area contributed by atoms with Gasteiger partial charge in [-0.15, -0.1) is 0 Å². The molecule has 2 amide bonds. The molecule has 11 nitrogen and oxygen atoms in total. The summed E-state index contributed by atoms with van der Waals surface area (Å²) in [6, 6.07) is 0. The number of rotatable bonds is 7. The molecule has 0 unspecified atom stereocenters. The maximum absolute atomic E-state index is 12.9. The van der Waals surface area contributed by atoms with Crippen LogP contribution in [0, 0.1) is 0 Å². The summed E-state index contributed by atoms with van der Waals surface area (Å²) in [4.78, 5) is 37.8. The third kappa shape index (κ3) is 4.36. The Morgan fingerprint density at radius 3 is 2.64 bits per heavy atom. The van der Waals surface area contributed by atoms with Gasteiger partial charge in [0.25, 0.3) is 11.8 Å². The van der Waals surface area contributed by atoms with Crippen molar-refractivity contribution in [2.75, 3.05) is 31.6 Å². The van der Waals surface area contributed by atoms with Gasteiger partial charge >= 0.3 is 5.97 Å². The van der Waals surface area contributed by atoms with Gasteiger partial charge in [-0.25, -0.2) is 0 Å². The fraction of sp³-hybridized carbons (Fsp3) is 0.471. The van der Waals surface area contributed by atoms with Gasteiger partial charge in [0.05, 0.1) is 49.8 Å². The minimum absolute atomic E-state index is 0.0930. The highest BCUT2D eigenvalue weighted by atomic mass is 16.5. The molecule has 150 valence electrons. The van der Waals surface area contributed by atoms with E-state index in [1.165, 1.54) is 23.3 Å². The lowest BCUT2D eigenvalue weighted by molar-refractivity contribution is -0.137. The molecule has 1 aliphatic rings. The molecule has 3 rings (SSSR count). The Hall–Kier alpha value is -3.21. The van der Waals surface area contributed by atoms with E-state index >= 15 is 0 Å². The van der Waals surface area contributed by atoms with Crippen LogP contribution in [0.2, 0.25) is 0 Å². The second-order valence-electron chi connectivity index (χ2n) is 6.22. The van der Waals surface area contributed by atoms with Crippen LogP contribution >= 0.6 is 0 Å². The molecule has 1 fully saturated rings. The lowest BCUT2D eigenvalue weighted by Crippen LogP contribution is -2.41. The maximum Gasteiger partial charge on any atom is 0.305 e. The maximum atomic E-state index is 12.9. The average molecular weight is 390 g/mol. The third-order valence-corrected chi connectivity index (χ3v) is 4.34. The minimum atomic E-state index is -0.945. The van der Waals surface area contributed by atoms with E-state index in [-0.39, 0.29) is 24.4 Å². The molecule has 2 aromatic rings. The third-order valence-electron chi connectivity index (χ3n) is 4.34. The van der Waals surface area contributed by atoms with Crippen molar-refractivity contribution < 1.29 is 24.2 Å². The number of hydrogen-bond donors (Lipinski definition) is 2. The fourth-order valence-corrected chi connectivity index (χ4v) is 2.87. The highest BCUT2D eigenvalue weighted by Gasteiger charge is 2.26. The quantitative estimate of drug-likeness (QED) is 0.695. The number of aromatic nitrogens is 4. The van der Waals surface area contributed by atoms with Crippen molar-refractivity contribution in [3.8, 4) is 0 Å². The van der Waals surface area contributed by atoms with Crippen LogP contribution in [0.4, 0.5) is 5.69 Å². The van der Waals surface area contributed by atoms with E-state index in [4.69, 9.17) is 9.84 Å². The predicted octanol–water partition coefficient (Wildman–Crippen LogP) is 0.299. The van der Waals surface area contributed by atoms with Crippen molar-refractivity contribution in [3.05, 3.63) is 29.8 Å². The lowest BCUT2D eigenvalue weighted by atomic mass is 10.2. The fourth-order valence-electron chi connectivity index (χ4n) is 2.87. The number of aryl methyl sites for hydroxylation is 2. The second-order valence-corrected chi connectivity index (χ2v) is 6.22. The van der Waals surface area contributed by atoms with Crippen molar-refractivity contribution in [1.29, 1.82) is 0 Å². The van der Waals surface area contributed by atoms with Crippen LogP contribution in [0.25, 0.3) is 0 Å². The monoisotopic (exact) mass is 390 g/mol. The van der Waals surface area contributed by atoms with Crippen LogP contribution in [-0.2, 0) is 22.6 Å². The summed E-state index contributed by atoms with van der Waals surface area (Å²) in [7, 11) is 0. The Kier molecular flexibility index (Phi) is 6.04. The molecule has 0 bridgehead atoms. The Balaban J connectivity index is 1.75. The number of morpholine rings is 1. The smallest absolute Gasteiger partial charge is 0.305 e. The number of carbonyl (C=O) groups excluding carboxylic acids is 2. The number of carboxylic acids is 1. The number of hydrogen-bond acceptors (Lipinski definition) is 6. The van der Waals surface area contributed by atoms with Crippen LogP contribution in [-0.4, -0.2) is 73.7 Å². The number of nitrogens with one attached hydrogen (secondary N) is 1. The van der Waals surface area contributed by atoms with Crippen LogP contribution in [0.1, 0.15) is 34.2 Å². The van der Waals surface area contributed by atoms with Gasteiger partial charge in [-0.1, -0.05) is 0 Å². The van der Waals surface area contributed by atoms with E-state index in [1.54, 1.807) is 9.58 Å². The van der Waals surface area contributed by atoms with Crippen molar-refractivity contribution in [3.63, 3.8) is 0 Å². The highest BCUT2D eigenvalue weighted by molar-refractivity contribution is 6.08. The molecule has 0 aliphatic carbocycles. The Morgan fingerprint density at radius 2 is 1.96 bits per heavy atom. The zero-order valence-electron chi connectivity index (χ0n) is 15.5. The topological polar surface area (TPSA) is 132 Å². The van der Waals surface area contributed by atoms with E-state index < -0.39 is 11.9 Å². The van der Waals surface area contributed by atoms with Crippen molar-refractivity contribution >= 4 is 23.5 Å². The molecule has 1 saturated heterocycles. The molecule has 2 N–H and O–H groups in total. The first-order chi connectivity index (χ1) is 13.5. The number of carboxylic acid groups (broad SMARTS) is 1. The normalized spacial score (nSPS) is 14.1. The number of anilines is 1. The highest BCUT2D eigenvalue weighted by Crippen LogP contribution is 2.19. The van der Waals surface area contributed by atoms with E-state index in [1.807, 2.05) is 6.92 Å². The van der Waals surface area contributed by atoms with Gasteiger partial charge in [0.1, 0.15) is 5.69 Å². The Bertz CT molecular complexity index is 867. The van der Waals surface area contributed by atoms with E-state index in [9.17, 15) is 14.4 Å². The first-order valence-electron chi connectivity index (χ1n) is 8.98. The molecule has 2 aromatic heterocycles. The summed E-state index contributed by atoms with van der Waals surface area (Å²) in [5.41, 5.74) is 0.900. The van der Waals surface area contributed by atoms with E-state index in [2.05, 4.69) is 15.5 Å². The Morgan fingerprint density at radius 1 is 1.21 bits per heavy atom. The zero-order chi connectivity index (χ0) is 20.1. The summed E-state index contributed by atoms with van der Waals surface area (Å²) < 4.78 is 8.21. The minimum Gasteiger partial charge on any atom is -0.481 e. The lowest BCUT2D eigenvalue weighted by Gasteiger charge is -2.27.